The van der Waals surface area contributed by atoms with Crippen LogP contribution in [0, 0.1) is 5.82 Å². The van der Waals surface area contributed by atoms with Crippen LogP contribution in [0.5, 0.6) is 0 Å². The molecule has 4 heterocycles. The molecule has 0 saturated carbocycles. The summed E-state index contributed by atoms with van der Waals surface area (Å²) in [6.45, 7) is 0.202. The van der Waals surface area contributed by atoms with Crippen molar-refractivity contribution >= 4 is 29.8 Å². The zero-order valence-corrected chi connectivity index (χ0v) is 20.2. The molecule has 2 aliphatic heterocycles. The van der Waals surface area contributed by atoms with Crippen molar-refractivity contribution in [3.63, 3.8) is 0 Å². The fraction of sp³-hybridized carbons (Fsp3) is 0.320. The molecule has 1 fully saturated rings. The molecular weight excluding hydrogens is 499 g/mol. The molecule has 13 heteroatoms. The van der Waals surface area contributed by atoms with E-state index in [2.05, 4.69) is 15.2 Å². The summed E-state index contributed by atoms with van der Waals surface area (Å²) in [5.74, 6) is -0.650. The van der Waals surface area contributed by atoms with E-state index in [1.54, 1.807) is 35.2 Å². The first kappa shape index (κ1) is 25.3. The number of halogens is 1. The number of carbonyl (C=O) groups is 2. The predicted molar refractivity (Wildman–Crippen MR) is 133 cm³/mol. The summed E-state index contributed by atoms with van der Waals surface area (Å²) in [5.41, 5.74) is 2.05. The Labute approximate surface area is 216 Å². The van der Waals surface area contributed by atoms with Crippen LogP contribution in [0.4, 0.5) is 20.7 Å². The first-order valence-electron chi connectivity index (χ1n) is 12.0. The van der Waals surface area contributed by atoms with Crippen LogP contribution in [-0.4, -0.2) is 82.2 Å². The van der Waals surface area contributed by atoms with E-state index in [-0.39, 0.29) is 12.6 Å². The summed E-state index contributed by atoms with van der Waals surface area (Å²) in [5, 5.41) is 27.3. The third-order valence-electron chi connectivity index (χ3n) is 6.30. The summed E-state index contributed by atoms with van der Waals surface area (Å²) in [6, 6.07) is 9.73. The number of nitrogens with zero attached hydrogens (tertiary/aromatic N) is 6. The molecule has 0 spiro atoms. The minimum atomic E-state index is -1.51. The van der Waals surface area contributed by atoms with Crippen molar-refractivity contribution in [1.82, 2.24) is 15.1 Å². The van der Waals surface area contributed by atoms with E-state index in [0.717, 1.165) is 10.7 Å². The van der Waals surface area contributed by atoms with Gasteiger partial charge in [-0.3, -0.25) is 9.69 Å². The van der Waals surface area contributed by atoms with Crippen molar-refractivity contribution in [2.24, 2.45) is 5.10 Å². The number of hydrogen-bond donors (Lipinski definition) is 2. The summed E-state index contributed by atoms with van der Waals surface area (Å²) in [4.78, 5) is 31.8. The van der Waals surface area contributed by atoms with Crippen LogP contribution in [0.1, 0.15) is 12.1 Å². The first-order chi connectivity index (χ1) is 18.4. The van der Waals surface area contributed by atoms with Gasteiger partial charge in [-0.2, -0.15) is 5.10 Å². The fourth-order valence-electron chi connectivity index (χ4n) is 4.21. The van der Waals surface area contributed by atoms with E-state index >= 15 is 4.39 Å². The second-order valence-corrected chi connectivity index (χ2v) is 8.80. The Hall–Kier alpha value is -4.36. The standard InChI is InChI=1S/C25H25FN6O6/c26-21-11-18(31-13-19(38-25(31)36)4-2-17-7-10-37-29-17)3-5-20(21)16-1-6-23(27-12-16)30-8-9-32(28-15-30)24(35)22(34)14-33/h1,3,5-7,10-12,15,19,22,33-34H,2,4,8-9,13-14H2/t19-,22?/m0/s1. The smallest absolute Gasteiger partial charge is 0.414 e. The number of pyridine rings is 1. The number of benzene rings is 1. The first-order valence-corrected chi connectivity index (χ1v) is 12.0. The lowest BCUT2D eigenvalue weighted by atomic mass is 10.1. The minimum absolute atomic E-state index is 0.200. The molecule has 198 valence electrons. The van der Waals surface area contributed by atoms with Gasteiger partial charge in [0, 0.05) is 29.9 Å². The number of anilines is 2. The molecule has 2 aromatic heterocycles. The normalized spacial score (nSPS) is 18.1. The lowest BCUT2D eigenvalue weighted by molar-refractivity contribution is -0.142. The van der Waals surface area contributed by atoms with Gasteiger partial charge >= 0.3 is 6.09 Å². The third kappa shape index (κ3) is 5.33. The molecule has 0 bridgehead atoms. The fourth-order valence-corrected chi connectivity index (χ4v) is 4.21. The number of cyclic esters (lactones) is 1. The van der Waals surface area contributed by atoms with Crippen LogP contribution in [-0.2, 0) is 16.0 Å². The molecule has 1 unspecified atom stereocenters. The average Bonchev–Trinajstić information content (AvgIpc) is 3.60. The van der Waals surface area contributed by atoms with Crippen molar-refractivity contribution in [2.75, 3.05) is 36.0 Å². The van der Waals surface area contributed by atoms with Gasteiger partial charge in [-0.15, -0.1) is 0 Å². The maximum Gasteiger partial charge on any atom is 0.414 e. The maximum atomic E-state index is 15.1. The number of aliphatic hydroxyl groups excluding tert-OH is 2. The number of carbonyl (C=O) groups excluding carboxylic acids is 2. The molecule has 38 heavy (non-hydrogen) atoms. The van der Waals surface area contributed by atoms with Crippen LogP contribution < -0.4 is 9.80 Å². The van der Waals surface area contributed by atoms with Crippen molar-refractivity contribution in [2.45, 2.75) is 25.0 Å². The highest BCUT2D eigenvalue weighted by molar-refractivity contribution is 5.90. The van der Waals surface area contributed by atoms with Gasteiger partial charge in [0.2, 0.25) is 0 Å². The molecule has 1 aromatic carbocycles. The highest BCUT2D eigenvalue weighted by Gasteiger charge is 2.32. The Kier molecular flexibility index (Phi) is 7.29. The number of hydrogen-bond acceptors (Lipinski definition) is 10. The Morgan fingerprint density at radius 3 is 2.74 bits per heavy atom. The van der Waals surface area contributed by atoms with E-state index in [9.17, 15) is 14.7 Å². The van der Waals surface area contributed by atoms with Gasteiger partial charge in [0.25, 0.3) is 5.91 Å². The van der Waals surface area contributed by atoms with Gasteiger partial charge < -0.3 is 24.4 Å². The quantitative estimate of drug-likeness (QED) is 0.450. The average molecular weight is 525 g/mol. The van der Waals surface area contributed by atoms with Gasteiger partial charge in [0.15, 0.2) is 6.10 Å². The van der Waals surface area contributed by atoms with Gasteiger partial charge in [0.05, 0.1) is 31.1 Å². The number of rotatable bonds is 8. The van der Waals surface area contributed by atoms with Gasteiger partial charge in [-0.1, -0.05) is 5.16 Å². The van der Waals surface area contributed by atoms with Crippen LogP contribution in [0.15, 0.2) is 58.5 Å². The predicted octanol–water partition coefficient (Wildman–Crippen LogP) is 1.78. The maximum absolute atomic E-state index is 15.1. The molecular formula is C25H25FN6O6. The van der Waals surface area contributed by atoms with E-state index in [1.165, 1.54) is 29.8 Å². The Bertz CT molecular complexity index is 1320. The largest absolute Gasteiger partial charge is 0.444 e. The highest BCUT2D eigenvalue weighted by atomic mass is 19.1. The van der Waals surface area contributed by atoms with Gasteiger partial charge in [-0.25, -0.2) is 19.2 Å². The SMILES string of the molecule is O=C(C(O)CO)N1CCN(c2ccc(-c3ccc(N4C[C@H](CCc5ccon5)OC4=O)cc3F)cn2)C=N1. The van der Waals surface area contributed by atoms with Crippen LogP contribution in [0.3, 0.4) is 0 Å². The lowest BCUT2D eigenvalue weighted by Crippen LogP contribution is -2.45. The Morgan fingerprint density at radius 2 is 2.08 bits per heavy atom. The topological polar surface area (TPSA) is 145 Å². The van der Waals surface area contributed by atoms with Crippen molar-refractivity contribution < 1.29 is 33.5 Å². The molecule has 3 aromatic rings. The molecule has 2 amide bonds. The van der Waals surface area contributed by atoms with Crippen molar-refractivity contribution in [3.05, 3.63) is 60.4 Å². The highest BCUT2D eigenvalue weighted by Crippen LogP contribution is 2.30. The lowest BCUT2D eigenvalue weighted by Gasteiger charge is -2.28. The van der Waals surface area contributed by atoms with Crippen molar-refractivity contribution in [3.8, 4) is 11.1 Å². The summed E-state index contributed by atoms with van der Waals surface area (Å²) in [6.07, 6.45) is 3.22. The minimum Gasteiger partial charge on any atom is -0.444 e. The summed E-state index contributed by atoms with van der Waals surface area (Å²) in [7, 11) is 0. The Balaban J connectivity index is 1.22. The van der Waals surface area contributed by atoms with Crippen LogP contribution in [0.2, 0.25) is 0 Å². The number of aliphatic hydroxyl groups is 2. The Morgan fingerprint density at radius 1 is 1.21 bits per heavy atom. The second-order valence-electron chi connectivity index (χ2n) is 8.80. The number of aryl methyl sites for hydroxylation is 1. The molecule has 0 aliphatic carbocycles. The number of amides is 2. The third-order valence-corrected chi connectivity index (χ3v) is 6.30. The number of ether oxygens (including phenoxy) is 1. The van der Waals surface area contributed by atoms with E-state index in [4.69, 9.17) is 14.4 Å². The summed E-state index contributed by atoms with van der Waals surface area (Å²) >= 11 is 0. The molecule has 2 aliphatic rings. The van der Waals surface area contributed by atoms with Crippen LogP contribution in [0.25, 0.3) is 11.1 Å². The molecule has 1 saturated heterocycles. The molecule has 2 atom stereocenters. The molecule has 12 nitrogen and oxygen atoms in total. The zero-order chi connectivity index (χ0) is 26.6. The monoisotopic (exact) mass is 524 g/mol. The molecule has 0 radical (unpaired) electrons. The summed E-state index contributed by atoms with van der Waals surface area (Å²) < 4.78 is 25.3. The van der Waals surface area contributed by atoms with Crippen LogP contribution >= 0.6 is 0 Å². The van der Waals surface area contributed by atoms with E-state index < -0.39 is 30.5 Å². The van der Waals surface area contributed by atoms with Crippen molar-refractivity contribution in [1.29, 1.82) is 0 Å². The number of aromatic nitrogens is 2. The zero-order valence-electron chi connectivity index (χ0n) is 20.2. The van der Waals surface area contributed by atoms with Gasteiger partial charge in [-0.05, 0) is 43.2 Å². The van der Waals surface area contributed by atoms with Gasteiger partial charge in [0.1, 0.15) is 30.3 Å². The molecule has 2 N–H and O–H groups in total. The number of hydrazone groups is 1. The van der Waals surface area contributed by atoms with E-state index in [0.29, 0.717) is 48.6 Å². The van der Waals surface area contributed by atoms with E-state index in [1.807, 2.05) is 0 Å². The second kappa shape index (κ2) is 10.9. The molecule has 5 rings (SSSR count).